The molecular formula is C29H24ClN3O7. The van der Waals surface area contributed by atoms with Crippen LogP contribution < -0.4 is 10.3 Å². The topological polar surface area (TPSA) is 130 Å². The van der Waals surface area contributed by atoms with Crippen LogP contribution in [0, 0.1) is 0 Å². The molecule has 0 saturated carbocycles. The van der Waals surface area contributed by atoms with Gasteiger partial charge in [0.2, 0.25) is 0 Å². The molecule has 11 heteroatoms. The first-order chi connectivity index (χ1) is 19.2. The van der Waals surface area contributed by atoms with Crippen molar-refractivity contribution in [1.82, 2.24) is 14.5 Å². The average Bonchev–Trinajstić information content (AvgIpc) is 3.32. The largest absolute Gasteiger partial charge is 0.497 e. The highest BCUT2D eigenvalue weighted by molar-refractivity contribution is 6.29. The number of aryl methyl sites for hydroxylation is 1. The van der Waals surface area contributed by atoms with Gasteiger partial charge in [0, 0.05) is 29.1 Å². The molecule has 3 aromatic heterocycles. The van der Waals surface area contributed by atoms with Crippen molar-refractivity contribution in [2.75, 3.05) is 13.7 Å². The Hall–Kier alpha value is -4.28. The van der Waals surface area contributed by atoms with Gasteiger partial charge in [0.05, 0.1) is 48.3 Å². The van der Waals surface area contributed by atoms with Crippen molar-refractivity contribution < 1.29 is 28.9 Å². The van der Waals surface area contributed by atoms with Crippen molar-refractivity contribution >= 4 is 34.4 Å². The Labute approximate surface area is 233 Å². The van der Waals surface area contributed by atoms with Crippen LogP contribution in [-0.2, 0) is 39.4 Å². The van der Waals surface area contributed by atoms with Gasteiger partial charge < -0.3 is 23.9 Å². The highest BCUT2D eigenvalue weighted by atomic mass is 35.5. The van der Waals surface area contributed by atoms with Gasteiger partial charge >= 0.3 is 11.9 Å². The molecule has 1 aromatic carbocycles. The minimum absolute atomic E-state index is 0.131. The zero-order chi connectivity index (χ0) is 28.2. The van der Waals surface area contributed by atoms with Crippen LogP contribution in [0.1, 0.15) is 46.0 Å². The number of carbonyl (C=O) groups is 2. The Bertz CT molecular complexity index is 1770. The summed E-state index contributed by atoms with van der Waals surface area (Å²) in [5.41, 5.74) is 1.73. The van der Waals surface area contributed by atoms with Crippen molar-refractivity contribution in [1.29, 1.82) is 0 Å². The van der Waals surface area contributed by atoms with Gasteiger partial charge in [-0.2, -0.15) is 0 Å². The molecule has 4 aromatic rings. The van der Waals surface area contributed by atoms with Gasteiger partial charge in [0.25, 0.3) is 5.56 Å². The van der Waals surface area contributed by atoms with Crippen LogP contribution in [-0.4, -0.2) is 45.3 Å². The lowest BCUT2D eigenvalue weighted by Crippen LogP contribution is -2.45. The summed E-state index contributed by atoms with van der Waals surface area (Å²) in [6.45, 7) is 1.76. The normalized spacial score (nSPS) is 17.1. The van der Waals surface area contributed by atoms with Crippen molar-refractivity contribution in [2.45, 2.75) is 38.5 Å². The first kappa shape index (κ1) is 26.0. The lowest BCUT2D eigenvalue weighted by molar-refractivity contribution is -0.173. The molecule has 0 aliphatic carbocycles. The quantitative estimate of drug-likeness (QED) is 0.244. The number of pyridine rings is 3. The molecule has 0 saturated heterocycles. The third kappa shape index (κ3) is 4.02. The minimum Gasteiger partial charge on any atom is -0.497 e. The zero-order valence-electron chi connectivity index (χ0n) is 21.7. The number of ether oxygens (including phenoxy) is 3. The number of cyclic esters (lactones) is 1. The fourth-order valence-corrected chi connectivity index (χ4v) is 5.56. The number of rotatable bonds is 6. The number of carbonyl (C=O) groups excluding carboxylic acids is 2. The van der Waals surface area contributed by atoms with Crippen LogP contribution in [0.4, 0.5) is 0 Å². The van der Waals surface area contributed by atoms with Crippen LogP contribution in [0.2, 0.25) is 5.15 Å². The maximum absolute atomic E-state index is 13.7. The predicted molar refractivity (Wildman–Crippen MR) is 144 cm³/mol. The van der Waals surface area contributed by atoms with E-state index in [0.29, 0.717) is 30.1 Å². The summed E-state index contributed by atoms with van der Waals surface area (Å²) >= 11 is 5.76. The highest BCUT2D eigenvalue weighted by Gasteiger charge is 2.47. The van der Waals surface area contributed by atoms with E-state index in [0.717, 1.165) is 22.0 Å². The summed E-state index contributed by atoms with van der Waals surface area (Å²) in [5.74, 6) is -0.902. The van der Waals surface area contributed by atoms with Gasteiger partial charge in [-0.15, -0.1) is 0 Å². The van der Waals surface area contributed by atoms with E-state index in [4.69, 9.17) is 30.8 Å². The molecule has 2 aliphatic rings. The summed E-state index contributed by atoms with van der Waals surface area (Å²) in [6, 6.07) is 10.2. The average molecular weight is 562 g/mol. The molecule has 0 amide bonds. The fourth-order valence-electron chi connectivity index (χ4n) is 5.44. The number of halogens is 1. The summed E-state index contributed by atoms with van der Waals surface area (Å²) in [5, 5.41) is 12.7. The summed E-state index contributed by atoms with van der Waals surface area (Å²) in [4.78, 5) is 47.7. The lowest BCUT2D eigenvalue weighted by atomic mass is 9.85. The van der Waals surface area contributed by atoms with Gasteiger partial charge in [0.1, 0.15) is 17.5 Å². The Kier molecular flexibility index (Phi) is 6.31. The molecule has 0 fully saturated rings. The number of hydrogen-bond donors (Lipinski definition) is 1. The summed E-state index contributed by atoms with van der Waals surface area (Å²) in [6.07, 6.45) is 1.66. The van der Waals surface area contributed by atoms with Gasteiger partial charge in [-0.05, 0) is 48.4 Å². The van der Waals surface area contributed by atoms with E-state index in [9.17, 15) is 19.5 Å². The molecule has 0 unspecified atom stereocenters. The molecule has 1 N–H and O–H groups in total. The van der Waals surface area contributed by atoms with Gasteiger partial charge in [-0.1, -0.05) is 18.5 Å². The van der Waals surface area contributed by atoms with E-state index >= 15 is 0 Å². The first-order valence-corrected chi connectivity index (χ1v) is 13.1. The molecule has 204 valence electrons. The van der Waals surface area contributed by atoms with E-state index in [2.05, 4.69) is 4.98 Å². The van der Waals surface area contributed by atoms with Gasteiger partial charge in [-0.25, -0.2) is 19.6 Å². The monoisotopic (exact) mass is 561 g/mol. The molecule has 2 aliphatic heterocycles. The predicted octanol–water partition coefficient (Wildman–Crippen LogP) is 3.54. The third-order valence-electron chi connectivity index (χ3n) is 7.51. The first-order valence-electron chi connectivity index (χ1n) is 12.7. The van der Waals surface area contributed by atoms with Crippen LogP contribution in [0.5, 0.6) is 5.75 Å². The number of methoxy groups -OCH3 is 1. The second-order valence-corrected chi connectivity index (χ2v) is 10.0. The van der Waals surface area contributed by atoms with Crippen LogP contribution >= 0.6 is 11.6 Å². The number of fused-ring (bicyclic) bond motifs is 5. The number of aromatic nitrogens is 3. The van der Waals surface area contributed by atoms with E-state index in [1.807, 2.05) is 25.1 Å². The van der Waals surface area contributed by atoms with Crippen LogP contribution in [0.15, 0.2) is 47.4 Å². The number of hydrogen-bond acceptors (Lipinski definition) is 9. The SMILES string of the molecule is CCc1c2c(nc3ccc(OC)cc13)-c1cc3c(c(=O)n1C2)COC(=O)[C@]3(O)CCOC(=O)c1ccc(Cl)nc1. The number of benzene rings is 1. The van der Waals surface area contributed by atoms with Crippen LogP contribution in [0.3, 0.4) is 0 Å². The molecule has 5 heterocycles. The molecular weight excluding hydrogens is 538 g/mol. The molecule has 0 radical (unpaired) electrons. The fraction of sp³-hybridized carbons (Fsp3) is 0.276. The van der Waals surface area contributed by atoms with Crippen molar-refractivity contribution in [2.24, 2.45) is 0 Å². The molecule has 1 atom stereocenters. The molecule has 6 rings (SSSR count). The number of aliphatic hydroxyl groups is 1. The van der Waals surface area contributed by atoms with Gasteiger partial charge in [0.15, 0.2) is 5.60 Å². The second-order valence-electron chi connectivity index (χ2n) is 9.66. The summed E-state index contributed by atoms with van der Waals surface area (Å²) < 4.78 is 17.5. The van der Waals surface area contributed by atoms with E-state index in [1.54, 1.807) is 17.7 Å². The molecule has 0 spiro atoms. The zero-order valence-corrected chi connectivity index (χ0v) is 22.4. The smallest absolute Gasteiger partial charge is 0.343 e. The van der Waals surface area contributed by atoms with Crippen molar-refractivity contribution in [3.63, 3.8) is 0 Å². The highest BCUT2D eigenvalue weighted by Crippen LogP contribution is 2.40. The summed E-state index contributed by atoms with van der Waals surface area (Å²) in [7, 11) is 1.61. The molecule has 10 nitrogen and oxygen atoms in total. The Balaban J connectivity index is 1.39. The Morgan fingerprint density at radius 3 is 2.75 bits per heavy atom. The van der Waals surface area contributed by atoms with Crippen molar-refractivity contribution in [3.05, 3.63) is 85.9 Å². The van der Waals surface area contributed by atoms with E-state index in [1.165, 1.54) is 18.3 Å². The van der Waals surface area contributed by atoms with Crippen molar-refractivity contribution in [3.8, 4) is 17.1 Å². The second kappa shape index (κ2) is 9.72. The standard InChI is InChI=1S/C29H24ClN3O7/c1-3-17-18-10-16(38-2)5-6-22(18)32-25-19(17)13-33-23(25)11-21-20(26(33)34)14-40-28(36)29(21,37)8-9-39-27(35)15-4-7-24(30)31-12-15/h4-7,10-12,37H,3,8-9,13-14H2,1-2H3/t29-/m0/s1. The third-order valence-corrected chi connectivity index (χ3v) is 7.74. The lowest BCUT2D eigenvalue weighted by Gasteiger charge is -2.32. The van der Waals surface area contributed by atoms with Gasteiger partial charge in [-0.3, -0.25) is 4.79 Å². The number of esters is 2. The number of nitrogens with zero attached hydrogens (tertiary/aromatic N) is 3. The Morgan fingerprint density at radius 1 is 1.20 bits per heavy atom. The maximum Gasteiger partial charge on any atom is 0.343 e. The Morgan fingerprint density at radius 2 is 2.02 bits per heavy atom. The van der Waals surface area contributed by atoms with Crippen LogP contribution in [0.25, 0.3) is 22.3 Å². The van der Waals surface area contributed by atoms with E-state index in [-0.39, 0.29) is 47.0 Å². The molecule has 40 heavy (non-hydrogen) atoms. The maximum atomic E-state index is 13.7. The van der Waals surface area contributed by atoms with E-state index < -0.39 is 17.5 Å². The molecule has 0 bridgehead atoms. The minimum atomic E-state index is -2.19.